The summed E-state index contributed by atoms with van der Waals surface area (Å²) in [6, 6.07) is 0. The van der Waals surface area contributed by atoms with Crippen molar-refractivity contribution in [3.05, 3.63) is 12.2 Å². The summed E-state index contributed by atoms with van der Waals surface area (Å²) >= 11 is 0. The first-order chi connectivity index (χ1) is 5.24. The largest absolute Gasteiger partial charge is 0.0996 e. The number of hydrogen-bond donors (Lipinski definition) is 0. The van der Waals surface area contributed by atoms with Crippen LogP contribution < -0.4 is 0 Å². The molecule has 1 aliphatic rings. The zero-order chi connectivity index (χ0) is 8.27. The van der Waals surface area contributed by atoms with E-state index < -0.39 is 0 Å². The Balaban J connectivity index is 2.39. The van der Waals surface area contributed by atoms with Crippen LogP contribution in [0.1, 0.15) is 46.0 Å². The summed E-state index contributed by atoms with van der Waals surface area (Å²) in [6.07, 6.45) is 6.83. The van der Waals surface area contributed by atoms with Crippen molar-refractivity contribution in [3.8, 4) is 0 Å². The van der Waals surface area contributed by atoms with Crippen molar-refractivity contribution >= 4 is 0 Å². The summed E-state index contributed by atoms with van der Waals surface area (Å²) in [6.45, 7) is 8.73. The summed E-state index contributed by atoms with van der Waals surface area (Å²) in [5.74, 6) is 1.79. The Bertz CT molecular complexity index is 135. The van der Waals surface area contributed by atoms with Gasteiger partial charge in [-0.05, 0) is 31.1 Å². The molecule has 0 aromatic heterocycles. The molecule has 0 aliphatic heterocycles. The van der Waals surface area contributed by atoms with Crippen LogP contribution in [-0.2, 0) is 0 Å². The molecule has 0 spiro atoms. The summed E-state index contributed by atoms with van der Waals surface area (Å²) in [5.41, 5.74) is 1.48. The van der Waals surface area contributed by atoms with E-state index in [9.17, 15) is 0 Å². The maximum atomic E-state index is 4.13. The first kappa shape index (κ1) is 8.83. The summed E-state index contributed by atoms with van der Waals surface area (Å²) < 4.78 is 0. The molecule has 1 rings (SSSR count). The van der Waals surface area contributed by atoms with Crippen LogP contribution in [0.15, 0.2) is 12.2 Å². The molecule has 0 N–H and O–H groups in total. The molecular formula is C11H20. The Kier molecular flexibility index (Phi) is 3.16. The molecule has 0 radical (unpaired) electrons. The number of rotatable bonds is 2. The molecule has 0 heteroatoms. The third-order valence-electron chi connectivity index (χ3n) is 2.97. The van der Waals surface area contributed by atoms with Crippen LogP contribution in [0.5, 0.6) is 0 Å². The molecule has 0 heterocycles. The van der Waals surface area contributed by atoms with E-state index in [4.69, 9.17) is 0 Å². The SMILES string of the molecule is C=C(CC)C1CCCC(C)C1. The van der Waals surface area contributed by atoms with Gasteiger partial charge in [0.05, 0.1) is 0 Å². The van der Waals surface area contributed by atoms with Crippen molar-refractivity contribution in [2.75, 3.05) is 0 Å². The Labute approximate surface area is 70.7 Å². The molecule has 1 saturated carbocycles. The normalized spacial score (nSPS) is 31.8. The molecule has 11 heavy (non-hydrogen) atoms. The second-order valence-electron chi connectivity index (χ2n) is 3.98. The predicted molar refractivity (Wildman–Crippen MR) is 50.6 cm³/mol. The van der Waals surface area contributed by atoms with Gasteiger partial charge in [-0.2, -0.15) is 0 Å². The highest BCUT2D eigenvalue weighted by molar-refractivity contribution is 5.01. The Morgan fingerprint density at radius 1 is 1.45 bits per heavy atom. The lowest BCUT2D eigenvalue weighted by Crippen LogP contribution is -2.14. The average Bonchev–Trinajstić information content (AvgIpc) is 2.03. The molecule has 1 fully saturated rings. The topological polar surface area (TPSA) is 0 Å². The molecule has 1 aliphatic carbocycles. The van der Waals surface area contributed by atoms with E-state index in [0.717, 1.165) is 11.8 Å². The highest BCUT2D eigenvalue weighted by Crippen LogP contribution is 2.33. The van der Waals surface area contributed by atoms with Gasteiger partial charge in [-0.1, -0.05) is 38.8 Å². The Morgan fingerprint density at radius 2 is 2.18 bits per heavy atom. The molecule has 2 unspecified atom stereocenters. The van der Waals surface area contributed by atoms with E-state index >= 15 is 0 Å². The minimum absolute atomic E-state index is 0.851. The molecule has 2 atom stereocenters. The van der Waals surface area contributed by atoms with Gasteiger partial charge in [-0.3, -0.25) is 0 Å². The molecule has 0 aromatic rings. The van der Waals surface area contributed by atoms with Crippen molar-refractivity contribution in [1.82, 2.24) is 0 Å². The van der Waals surface area contributed by atoms with Crippen LogP contribution >= 0.6 is 0 Å². The van der Waals surface area contributed by atoms with Crippen molar-refractivity contribution in [2.24, 2.45) is 11.8 Å². The summed E-state index contributed by atoms with van der Waals surface area (Å²) in [7, 11) is 0. The molecule has 0 nitrogen and oxygen atoms in total. The van der Waals surface area contributed by atoms with Gasteiger partial charge in [0.25, 0.3) is 0 Å². The molecule has 64 valence electrons. The fourth-order valence-electron chi connectivity index (χ4n) is 2.09. The number of hydrogen-bond acceptors (Lipinski definition) is 0. The second-order valence-corrected chi connectivity index (χ2v) is 3.98. The van der Waals surface area contributed by atoms with E-state index in [-0.39, 0.29) is 0 Å². The summed E-state index contributed by atoms with van der Waals surface area (Å²) in [4.78, 5) is 0. The zero-order valence-corrected chi connectivity index (χ0v) is 7.90. The fraction of sp³-hybridized carbons (Fsp3) is 0.818. The summed E-state index contributed by atoms with van der Waals surface area (Å²) in [5, 5.41) is 0. The van der Waals surface area contributed by atoms with E-state index in [1.807, 2.05) is 0 Å². The van der Waals surface area contributed by atoms with E-state index in [2.05, 4.69) is 20.4 Å². The van der Waals surface area contributed by atoms with Crippen LogP contribution in [0.2, 0.25) is 0 Å². The third-order valence-corrected chi connectivity index (χ3v) is 2.97. The maximum absolute atomic E-state index is 4.13. The lowest BCUT2D eigenvalue weighted by Gasteiger charge is -2.27. The third kappa shape index (κ3) is 2.36. The van der Waals surface area contributed by atoms with E-state index in [1.54, 1.807) is 0 Å². The molecule has 0 bridgehead atoms. The fourth-order valence-corrected chi connectivity index (χ4v) is 2.09. The van der Waals surface area contributed by atoms with Crippen molar-refractivity contribution in [3.63, 3.8) is 0 Å². The molecule has 0 saturated heterocycles. The van der Waals surface area contributed by atoms with Crippen LogP contribution in [0.4, 0.5) is 0 Å². The van der Waals surface area contributed by atoms with Gasteiger partial charge in [0.2, 0.25) is 0 Å². The molecular weight excluding hydrogens is 132 g/mol. The van der Waals surface area contributed by atoms with Crippen LogP contribution in [0.25, 0.3) is 0 Å². The van der Waals surface area contributed by atoms with Crippen LogP contribution in [-0.4, -0.2) is 0 Å². The van der Waals surface area contributed by atoms with Crippen molar-refractivity contribution < 1.29 is 0 Å². The van der Waals surface area contributed by atoms with Crippen molar-refractivity contribution in [1.29, 1.82) is 0 Å². The lowest BCUT2D eigenvalue weighted by molar-refractivity contribution is 0.311. The Morgan fingerprint density at radius 3 is 2.73 bits per heavy atom. The minimum atomic E-state index is 0.851. The van der Waals surface area contributed by atoms with Crippen LogP contribution in [0, 0.1) is 11.8 Å². The standard InChI is InChI=1S/C11H20/c1-4-10(3)11-7-5-6-9(2)8-11/h9,11H,3-8H2,1-2H3. The van der Waals surface area contributed by atoms with Gasteiger partial charge >= 0.3 is 0 Å². The van der Waals surface area contributed by atoms with Gasteiger partial charge in [-0.15, -0.1) is 0 Å². The number of allylic oxidation sites excluding steroid dienone is 1. The monoisotopic (exact) mass is 152 g/mol. The van der Waals surface area contributed by atoms with E-state index in [0.29, 0.717) is 0 Å². The maximum Gasteiger partial charge on any atom is -0.0203 e. The highest BCUT2D eigenvalue weighted by atomic mass is 14.2. The van der Waals surface area contributed by atoms with E-state index in [1.165, 1.54) is 37.7 Å². The second kappa shape index (κ2) is 3.94. The smallest absolute Gasteiger partial charge is 0.0203 e. The van der Waals surface area contributed by atoms with Gasteiger partial charge in [0, 0.05) is 0 Å². The first-order valence-electron chi connectivity index (χ1n) is 4.91. The molecule has 0 aromatic carbocycles. The van der Waals surface area contributed by atoms with Crippen molar-refractivity contribution in [2.45, 2.75) is 46.0 Å². The highest BCUT2D eigenvalue weighted by Gasteiger charge is 2.19. The molecule has 0 amide bonds. The van der Waals surface area contributed by atoms with Crippen LogP contribution in [0.3, 0.4) is 0 Å². The lowest BCUT2D eigenvalue weighted by atomic mass is 9.78. The average molecular weight is 152 g/mol. The Hall–Kier alpha value is -0.260. The first-order valence-corrected chi connectivity index (χ1v) is 4.91. The van der Waals surface area contributed by atoms with Gasteiger partial charge in [-0.25, -0.2) is 0 Å². The van der Waals surface area contributed by atoms with Gasteiger partial charge < -0.3 is 0 Å². The van der Waals surface area contributed by atoms with Gasteiger partial charge in [0.1, 0.15) is 0 Å². The predicted octanol–water partition coefficient (Wildman–Crippen LogP) is 3.78. The minimum Gasteiger partial charge on any atom is -0.0996 e. The quantitative estimate of drug-likeness (QED) is 0.528. The zero-order valence-electron chi connectivity index (χ0n) is 7.90. The van der Waals surface area contributed by atoms with Gasteiger partial charge in [0.15, 0.2) is 0 Å².